The molecule has 0 saturated carbocycles. The highest BCUT2D eigenvalue weighted by atomic mass is 35.5. The van der Waals surface area contributed by atoms with Crippen molar-refractivity contribution in [1.29, 1.82) is 0 Å². The largest absolute Gasteiger partial charge is 0.321 e. The Hall–Kier alpha value is -3.44. The number of aromatic nitrogens is 3. The number of carbonyl (C=O) groups is 1. The highest BCUT2D eigenvalue weighted by Crippen LogP contribution is 2.27. The van der Waals surface area contributed by atoms with Crippen molar-refractivity contribution in [2.45, 2.75) is 19.8 Å². The van der Waals surface area contributed by atoms with E-state index in [-0.39, 0.29) is 5.91 Å². The molecule has 0 spiro atoms. The molecule has 0 aliphatic carbocycles. The second kappa shape index (κ2) is 8.51. The molecule has 4 rings (SSSR count). The Morgan fingerprint density at radius 2 is 1.67 bits per heavy atom. The third kappa shape index (κ3) is 4.42. The number of carbonyl (C=O) groups excluding carboxylic acids is 1. The molecule has 0 bridgehead atoms. The highest BCUT2D eigenvalue weighted by molar-refractivity contribution is 6.34. The van der Waals surface area contributed by atoms with Gasteiger partial charge < -0.3 is 5.32 Å². The number of hydrogen-bond donors (Lipinski definition) is 1. The first kappa shape index (κ1) is 19.9. The van der Waals surface area contributed by atoms with Crippen molar-refractivity contribution in [2.24, 2.45) is 0 Å². The molecule has 1 amide bonds. The molecule has 0 fully saturated rings. The Balaban J connectivity index is 1.51. The molecular weight excluding hydrogens is 396 g/mol. The van der Waals surface area contributed by atoms with Crippen LogP contribution < -0.4 is 5.32 Å². The lowest BCUT2D eigenvalue weighted by molar-refractivity contribution is -0.111. The number of rotatable bonds is 5. The van der Waals surface area contributed by atoms with Gasteiger partial charge in [0.25, 0.3) is 0 Å². The van der Waals surface area contributed by atoms with E-state index >= 15 is 0 Å². The number of halogens is 1. The van der Waals surface area contributed by atoms with E-state index in [1.807, 2.05) is 42.5 Å². The molecule has 1 heterocycles. The van der Waals surface area contributed by atoms with Gasteiger partial charge in [0.05, 0.1) is 16.4 Å². The lowest BCUT2D eigenvalue weighted by Crippen LogP contribution is -2.08. The molecule has 1 aromatic heterocycles. The maximum atomic E-state index is 12.4. The van der Waals surface area contributed by atoms with Gasteiger partial charge in [0.15, 0.2) is 0 Å². The summed E-state index contributed by atoms with van der Waals surface area (Å²) in [6.07, 6.45) is 3.27. The average Bonchev–Trinajstić information content (AvgIpc) is 3.16. The smallest absolute Gasteiger partial charge is 0.248 e. The van der Waals surface area contributed by atoms with Gasteiger partial charge in [-0.15, -0.1) is 10.2 Å². The van der Waals surface area contributed by atoms with Crippen LogP contribution in [0, 0.1) is 0 Å². The third-order valence-corrected chi connectivity index (χ3v) is 5.06. The Labute approximate surface area is 180 Å². The second-order valence-corrected chi connectivity index (χ2v) is 7.70. The first-order valence-corrected chi connectivity index (χ1v) is 10.1. The van der Waals surface area contributed by atoms with Gasteiger partial charge in [-0.1, -0.05) is 67.9 Å². The van der Waals surface area contributed by atoms with Crippen molar-refractivity contribution < 1.29 is 4.79 Å². The van der Waals surface area contributed by atoms with Crippen molar-refractivity contribution in [3.05, 3.63) is 89.0 Å². The number of anilines is 1. The second-order valence-electron chi connectivity index (χ2n) is 7.29. The van der Waals surface area contributed by atoms with E-state index in [2.05, 4.69) is 41.5 Å². The number of hydrogen-bond acceptors (Lipinski definition) is 3. The lowest BCUT2D eigenvalue weighted by Gasteiger charge is -2.05. The summed E-state index contributed by atoms with van der Waals surface area (Å²) in [6.45, 7) is 4.30. The van der Waals surface area contributed by atoms with Crippen LogP contribution in [-0.2, 0) is 4.79 Å². The van der Waals surface area contributed by atoms with Gasteiger partial charge >= 0.3 is 0 Å². The first-order chi connectivity index (χ1) is 14.5. The summed E-state index contributed by atoms with van der Waals surface area (Å²) in [5, 5.41) is 12.2. The topological polar surface area (TPSA) is 59.8 Å². The molecule has 6 heteroatoms. The highest BCUT2D eigenvalue weighted by Gasteiger charge is 2.11. The normalized spacial score (nSPS) is 11.5. The summed E-state index contributed by atoms with van der Waals surface area (Å²) in [7, 11) is 0. The molecule has 3 aromatic carbocycles. The van der Waals surface area contributed by atoms with Crippen LogP contribution in [0.15, 0.2) is 72.8 Å². The Morgan fingerprint density at radius 3 is 2.33 bits per heavy atom. The van der Waals surface area contributed by atoms with Crippen LogP contribution in [-0.4, -0.2) is 20.9 Å². The Morgan fingerprint density at radius 1 is 1.00 bits per heavy atom. The van der Waals surface area contributed by atoms with Crippen molar-refractivity contribution in [1.82, 2.24) is 15.0 Å². The minimum absolute atomic E-state index is 0.264. The van der Waals surface area contributed by atoms with Crippen LogP contribution in [0.3, 0.4) is 0 Å². The zero-order valence-electron chi connectivity index (χ0n) is 16.7. The van der Waals surface area contributed by atoms with Crippen molar-refractivity contribution in [2.75, 3.05) is 5.32 Å². The number of benzene rings is 3. The quantitative estimate of drug-likeness (QED) is 0.415. The molecule has 5 nitrogen and oxygen atoms in total. The molecular formula is C24H21ClN4O. The van der Waals surface area contributed by atoms with E-state index in [0.29, 0.717) is 27.7 Å². The number of para-hydroxylation sites is 1. The molecule has 0 atom stereocenters. The van der Waals surface area contributed by atoms with Crippen LogP contribution in [0.4, 0.5) is 5.69 Å². The zero-order chi connectivity index (χ0) is 21.1. The van der Waals surface area contributed by atoms with Gasteiger partial charge in [0, 0.05) is 6.08 Å². The first-order valence-electron chi connectivity index (χ1n) is 9.70. The van der Waals surface area contributed by atoms with Gasteiger partial charge in [-0.25, -0.2) is 0 Å². The van der Waals surface area contributed by atoms with Gasteiger partial charge in [-0.2, -0.15) is 4.80 Å². The van der Waals surface area contributed by atoms with Gasteiger partial charge in [-0.05, 0) is 47.4 Å². The summed E-state index contributed by atoms with van der Waals surface area (Å²) in [6, 6.07) is 21.2. The van der Waals surface area contributed by atoms with Gasteiger partial charge in [0.2, 0.25) is 5.91 Å². The van der Waals surface area contributed by atoms with E-state index in [9.17, 15) is 4.79 Å². The fourth-order valence-corrected chi connectivity index (χ4v) is 3.25. The molecule has 4 aromatic rings. The maximum absolute atomic E-state index is 12.4. The average molecular weight is 417 g/mol. The summed E-state index contributed by atoms with van der Waals surface area (Å²) < 4.78 is 0. The van der Waals surface area contributed by atoms with Crippen LogP contribution in [0.2, 0.25) is 5.02 Å². The van der Waals surface area contributed by atoms with E-state index < -0.39 is 0 Å². The predicted octanol–water partition coefficient (Wildman–Crippen LogP) is 5.85. The standard InChI is InChI=1S/C24H21ClN4O/c1-16(2)18-11-8-17(9-12-18)10-13-24(30)26-21-15-23-22(14-20(21)25)27-29(28-23)19-6-4-3-5-7-19/h3-16H,1-2H3,(H,26,30)/b13-10+. The minimum Gasteiger partial charge on any atom is -0.321 e. The number of nitrogens with zero attached hydrogens (tertiary/aromatic N) is 3. The molecule has 1 N–H and O–H groups in total. The van der Waals surface area contributed by atoms with E-state index in [4.69, 9.17) is 11.6 Å². The summed E-state index contributed by atoms with van der Waals surface area (Å²) in [5.41, 5.74) is 4.87. The Bertz CT molecular complexity index is 1210. The lowest BCUT2D eigenvalue weighted by atomic mass is 10.0. The van der Waals surface area contributed by atoms with Crippen LogP contribution in [0.5, 0.6) is 0 Å². The van der Waals surface area contributed by atoms with E-state index in [1.54, 1.807) is 23.0 Å². The number of nitrogens with one attached hydrogen (secondary N) is 1. The summed E-state index contributed by atoms with van der Waals surface area (Å²) in [4.78, 5) is 13.9. The third-order valence-electron chi connectivity index (χ3n) is 4.74. The summed E-state index contributed by atoms with van der Waals surface area (Å²) >= 11 is 6.35. The fraction of sp³-hybridized carbons (Fsp3) is 0.125. The molecule has 0 aliphatic heterocycles. The van der Waals surface area contributed by atoms with Crippen LogP contribution in [0.1, 0.15) is 30.9 Å². The number of amides is 1. The minimum atomic E-state index is -0.264. The molecule has 150 valence electrons. The SMILES string of the molecule is CC(C)c1ccc(/C=C/C(=O)Nc2cc3nn(-c4ccccc4)nc3cc2Cl)cc1. The fourth-order valence-electron chi connectivity index (χ4n) is 3.05. The van der Waals surface area contributed by atoms with Crippen LogP contribution in [0.25, 0.3) is 22.8 Å². The molecule has 30 heavy (non-hydrogen) atoms. The van der Waals surface area contributed by atoms with Gasteiger partial charge in [-0.3, -0.25) is 4.79 Å². The summed E-state index contributed by atoms with van der Waals surface area (Å²) in [5.74, 6) is 0.211. The zero-order valence-corrected chi connectivity index (χ0v) is 17.5. The maximum Gasteiger partial charge on any atom is 0.248 e. The van der Waals surface area contributed by atoms with E-state index in [1.165, 1.54) is 11.6 Å². The van der Waals surface area contributed by atoms with Crippen molar-refractivity contribution in [3.63, 3.8) is 0 Å². The van der Waals surface area contributed by atoms with Crippen LogP contribution >= 0.6 is 11.6 Å². The number of fused-ring (bicyclic) bond motifs is 1. The molecule has 0 saturated heterocycles. The molecule has 0 radical (unpaired) electrons. The van der Waals surface area contributed by atoms with Crippen molar-refractivity contribution >= 4 is 40.3 Å². The Kier molecular flexibility index (Phi) is 5.63. The molecule has 0 aliphatic rings. The predicted molar refractivity (Wildman–Crippen MR) is 122 cm³/mol. The van der Waals surface area contributed by atoms with E-state index in [0.717, 1.165) is 11.3 Å². The monoisotopic (exact) mass is 416 g/mol. The molecule has 0 unspecified atom stereocenters. The van der Waals surface area contributed by atoms with Gasteiger partial charge in [0.1, 0.15) is 11.0 Å². The van der Waals surface area contributed by atoms with Crippen molar-refractivity contribution in [3.8, 4) is 5.69 Å².